The van der Waals surface area contributed by atoms with E-state index < -0.39 is 0 Å². The number of fused-ring (bicyclic) bond motifs is 1. The Morgan fingerprint density at radius 3 is 2.96 bits per heavy atom. The van der Waals surface area contributed by atoms with Crippen LogP contribution < -0.4 is 15.5 Å². The molecule has 0 atom stereocenters. The predicted molar refractivity (Wildman–Crippen MR) is 92.9 cm³/mol. The highest BCUT2D eigenvalue weighted by atomic mass is 16.1. The second kappa shape index (κ2) is 5.56. The van der Waals surface area contributed by atoms with Gasteiger partial charge < -0.3 is 15.5 Å². The third-order valence-corrected chi connectivity index (χ3v) is 4.58. The number of amides is 1. The van der Waals surface area contributed by atoms with Crippen molar-refractivity contribution in [3.8, 4) is 11.4 Å². The Labute approximate surface area is 141 Å². The van der Waals surface area contributed by atoms with Gasteiger partial charge in [0.25, 0.3) is 5.91 Å². The standard InChI is InChI=1S/C18H21N5O/c1-18(2)11-23(8-7-21-18)15-5-6-19-16(22-15)12-3-4-14-13(9-12)10-20-17(14)24/h3-6,9,21H,7-8,10-11H2,1-2H3,(H,20,24). The first-order chi connectivity index (χ1) is 11.5. The molecule has 124 valence electrons. The Morgan fingerprint density at radius 2 is 2.12 bits per heavy atom. The number of hydrogen-bond donors (Lipinski definition) is 2. The number of rotatable bonds is 2. The van der Waals surface area contributed by atoms with Crippen LogP contribution in [-0.4, -0.2) is 41.0 Å². The van der Waals surface area contributed by atoms with Gasteiger partial charge in [0.2, 0.25) is 0 Å². The first-order valence-corrected chi connectivity index (χ1v) is 8.26. The van der Waals surface area contributed by atoms with Gasteiger partial charge in [-0.05, 0) is 37.6 Å². The molecule has 4 rings (SSSR count). The number of carbonyl (C=O) groups is 1. The third-order valence-electron chi connectivity index (χ3n) is 4.58. The van der Waals surface area contributed by atoms with E-state index >= 15 is 0 Å². The highest BCUT2D eigenvalue weighted by molar-refractivity contribution is 5.98. The lowest BCUT2D eigenvalue weighted by atomic mass is 10.0. The van der Waals surface area contributed by atoms with Gasteiger partial charge in [0.05, 0.1) is 0 Å². The van der Waals surface area contributed by atoms with E-state index in [-0.39, 0.29) is 11.4 Å². The van der Waals surface area contributed by atoms with Gasteiger partial charge in [-0.2, -0.15) is 0 Å². The van der Waals surface area contributed by atoms with Crippen molar-refractivity contribution < 1.29 is 4.79 Å². The van der Waals surface area contributed by atoms with Crippen molar-refractivity contribution in [3.05, 3.63) is 41.6 Å². The molecule has 1 aromatic heterocycles. The normalized spacial score (nSPS) is 19.1. The summed E-state index contributed by atoms with van der Waals surface area (Å²) in [6.45, 7) is 7.76. The number of nitrogens with one attached hydrogen (secondary N) is 2. The number of anilines is 1. The maximum absolute atomic E-state index is 11.7. The minimum atomic E-state index is -0.00531. The molecule has 0 radical (unpaired) electrons. The third kappa shape index (κ3) is 2.73. The maximum Gasteiger partial charge on any atom is 0.251 e. The molecule has 0 unspecified atom stereocenters. The van der Waals surface area contributed by atoms with Gasteiger partial charge in [0, 0.05) is 49.0 Å². The molecule has 0 bridgehead atoms. The van der Waals surface area contributed by atoms with Crippen LogP contribution in [0.5, 0.6) is 0 Å². The quantitative estimate of drug-likeness (QED) is 0.878. The topological polar surface area (TPSA) is 70.2 Å². The second-order valence-electron chi connectivity index (χ2n) is 7.03. The number of hydrogen-bond acceptors (Lipinski definition) is 5. The summed E-state index contributed by atoms with van der Waals surface area (Å²) < 4.78 is 0. The van der Waals surface area contributed by atoms with Crippen LogP contribution in [0.4, 0.5) is 5.82 Å². The summed E-state index contributed by atoms with van der Waals surface area (Å²) in [5.41, 5.74) is 2.78. The average molecular weight is 323 g/mol. The summed E-state index contributed by atoms with van der Waals surface area (Å²) >= 11 is 0. The molecule has 2 N–H and O–H groups in total. The number of carbonyl (C=O) groups excluding carboxylic acids is 1. The molecule has 24 heavy (non-hydrogen) atoms. The minimum Gasteiger partial charge on any atom is -0.353 e. The van der Waals surface area contributed by atoms with Gasteiger partial charge in [-0.1, -0.05) is 6.07 Å². The van der Waals surface area contributed by atoms with E-state index in [4.69, 9.17) is 4.98 Å². The van der Waals surface area contributed by atoms with Gasteiger partial charge in [-0.3, -0.25) is 4.79 Å². The van der Waals surface area contributed by atoms with Crippen LogP contribution in [0.1, 0.15) is 29.8 Å². The molecule has 2 aromatic rings. The summed E-state index contributed by atoms with van der Waals surface area (Å²) in [4.78, 5) is 23.2. The van der Waals surface area contributed by atoms with E-state index in [1.54, 1.807) is 0 Å². The van der Waals surface area contributed by atoms with E-state index in [1.807, 2.05) is 30.5 Å². The molecule has 6 heteroatoms. The van der Waals surface area contributed by atoms with Crippen LogP contribution in [-0.2, 0) is 6.54 Å². The van der Waals surface area contributed by atoms with Crippen molar-refractivity contribution in [2.24, 2.45) is 0 Å². The van der Waals surface area contributed by atoms with Crippen molar-refractivity contribution in [1.29, 1.82) is 0 Å². The van der Waals surface area contributed by atoms with Crippen LogP contribution in [0, 0.1) is 0 Å². The Balaban J connectivity index is 1.65. The summed E-state index contributed by atoms with van der Waals surface area (Å²) in [5, 5.41) is 6.35. The minimum absolute atomic E-state index is 0.00531. The number of nitrogens with zero attached hydrogens (tertiary/aromatic N) is 3. The molecule has 0 saturated carbocycles. The number of benzene rings is 1. The van der Waals surface area contributed by atoms with E-state index in [0.717, 1.165) is 42.1 Å². The Morgan fingerprint density at radius 1 is 1.25 bits per heavy atom. The van der Waals surface area contributed by atoms with E-state index in [2.05, 4.69) is 34.4 Å². The molecular formula is C18H21N5O. The SMILES string of the molecule is CC1(C)CN(c2ccnc(-c3ccc4c(c3)CNC4=O)n2)CCN1. The highest BCUT2D eigenvalue weighted by Gasteiger charge is 2.26. The molecule has 0 spiro atoms. The molecule has 2 aliphatic rings. The molecule has 1 amide bonds. The second-order valence-corrected chi connectivity index (χ2v) is 7.03. The van der Waals surface area contributed by atoms with Crippen molar-refractivity contribution in [1.82, 2.24) is 20.6 Å². The van der Waals surface area contributed by atoms with Crippen LogP contribution in [0.3, 0.4) is 0 Å². The van der Waals surface area contributed by atoms with Crippen molar-refractivity contribution in [2.75, 3.05) is 24.5 Å². The largest absolute Gasteiger partial charge is 0.353 e. The predicted octanol–water partition coefficient (Wildman–Crippen LogP) is 1.58. The maximum atomic E-state index is 11.7. The van der Waals surface area contributed by atoms with E-state index in [9.17, 15) is 4.79 Å². The molecular weight excluding hydrogens is 302 g/mol. The molecule has 3 heterocycles. The highest BCUT2D eigenvalue weighted by Crippen LogP contribution is 2.25. The van der Waals surface area contributed by atoms with Crippen molar-refractivity contribution >= 4 is 11.7 Å². The zero-order valence-electron chi connectivity index (χ0n) is 14.0. The fourth-order valence-corrected chi connectivity index (χ4v) is 3.37. The smallest absolute Gasteiger partial charge is 0.251 e. The lowest BCUT2D eigenvalue weighted by Crippen LogP contribution is -2.57. The molecule has 2 aliphatic heterocycles. The fraction of sp³-hybridized carbons (Fsp3) is 0.389. The van der Waals surface area contributed by atoms with Crippen LogP contribution in [0.25, 0.3) is 11.4 Å². The Bertz CT molecular complexity index is 802. The zero-order chi connectivity index (χ0) is 16.7. The van der Waals surface area contributed by atoms with Crippen LogP contribution in [0.2, 0.25) is 0 Å². The van der Waals surface area contributed by atoms with E-state index in [0.29, 0.717) is 12.4 Å². The van der Waals surface area contributed by atoms with Crippen molar-refractivity contribution in [3.63, 3.8) is 0 Å². The number of piperazine rings is 1. The first kappa shape index (κ1) is 15.1. The summed E-state index contributed by atoms with van der Waals surface area (Å²) in [5.74, 6) is 1.64. The van der Waals surface area contributed by atoms with Gasteiger partial charge in [-0.25, -0.2) is 9.97 Å². The summed E-state index contributed by atoms with van der Waals surface area (Å²) in [7, 11) is 0. The first-order valence-electron chi connectivity index (χ1n) is 8.26. The lowest BCUT2D eigenvalue weighted by Gasteiger charge is -2.39. The van der Waals surface area contributed by atoms with Crippen molar-refractivity contribution in [2.45, 2.75) is 25.9 Å². The Hall–Kier alpha value is -2.47. The van der Waals surface area contributed by atoms with Gasteiger partial charge >= 0.3 is 0 Å². The summed E-state index contributed by atoms with van der Waals surface area (Å²) in [6.07, 6.45) is 1.81. The van der Waals surface area contributed by atoms with Gasteiger partial charge in [0.15, 0.2) is 5.82 Å². The Kier molecular flexibility index (Phi) is 3.49. The summed E-state index contributed by atoms with van der Waals surface area (Å²) in [6, 6.07) is 7.75. The average Bonchev–Trinajstić information content (AvgIpc) is 2.95. The fourth-order valence-electron chi connectivity index (χ4n) is 3.37. The lowest BCUT2D eigenvalue weighted by molar-refractivity contribution is 0.0966. The molecule has 1 aromatic carbocycles. The van der Waals surface area contributed by atoms with Crippen LogP contribution >= 0.6 is 0 Å². The van der Waals surface area contributed by atoms with Crippen LogP contribution in [0.15, 0.2) is 30.5 Å². The number of aromatic nitrogens is 2. The van der Waals surface area contributed by atoms with Gasteiger partial charge in [-0.15, -0.1) is 0 Å². The van der Waals surface area contributed by atoms with E-state index in [1.165, 1.54) is 0 Å². The molecule has 6 nitrogen and oxygen atoms in total. The molecule has 1 saturated heterocycles. The zero-order valence-corrected chi connectivity index (χ0v) is 14.0. The molecule has 1 fully saturated rings. The molecule has 0 aliphatic carbocycles. The van der Waals surface area contributed by atoms with Gasteiger partial charge in [0.1, 0.15) is 5.82 Å². The monoisotopic (exact) mass is 323 g/mol.